The summed E-state index contributed by atoms with van der Waals surface area (Å²) in [7, 11) is 0. The van der Waals surface area contributed by atoms with Crippen LogP contribution in [0.25, 0.3) is 0 Å². The van der Waals surface area contributed by atoms with Crippen molar-refractivity contribution in [2.24, 2.45) is 0 Å². The van der Waals surface area contributed by atoms with Gasteiger partial charge in [-0.2, -0.15) is 0 Å². The van der Waals surface area contributed by atoms with Crippen LogP contribution < -0.4 is 10.6 Å². The van der Waals surface area contributed by atoms with Crippen molar-refractivity contribution in [1.82, 2.24) is 10.6 Å². The van der Waals surface area contributed by atoms with E-state index in [1.807, 2.05) is 0 Å². The molecule has 2 aromatic rings. The SMILES string of the molecule is O=C(COC(=O)CNC(=O)c1ccccc1)NCc1ccco1. The number of ether oxygens (including phenoxy) is 1. The van der Waals surface area contributed by atoms with Gasteiger partial charge in [0, 0.05) is 5.56 Å². The number of benzene rings is 1. The molecule has 0 aliphatic rings. The molecule has 0 saturated heterocycles. The largest absolute Gasteiger partial charge is 0.467 e. The Balaban J connectivity index is 1.63. The first-order valence-electron chi connectivity index (χ1n) is 6.93. The molecule has 2 rings (SSSR count). The van der Waals surface area contributed by atoms with Crippen LogP contribution in [0.1, 0.15) is 16.1 Å². The molecule has 0 unspecified atom stereocenters. The van der Waals surface area contributed by atoms with Gasteiger partial charge in [-0.25, -0.2) is 0 Å². The molecule has 7 nitrogen and oxygen atoms in total. The minimum absolute atomic E-state index is 0.216. The van der Waals surface area contributed by atoms with Crippen LogP contribution in [0.4, 0.5) is 0 Å². The topological polar surface area (TPSA) is 97.6 Å². The lowest BCUT2D eigenvalue weighted by Gasteiger charge is -2.07. The van der Waals surface area contributed by atoms with Gasteiger partial charge in [-0.1, -0.05) is 18.2 Å². The van der Waals surface area contributed by atoms with E-state index in [-0.39, 0.29) is 19.0 Å². The monoisotopic (exact) mass is 316 g/mol. The van der Waals surface area contributed by atoms with Gasteiger partial charge in [-0.05, 0) is 24.3 Å². The predicted molar refractivity (Wildman–Crippen MR) is 80.3 cm³/mol. The van der Waals surface area contributed by atoms with Gasteiger partial charge in [0.15, 0.2) is 6.61 Å². The smallest absolute Gasteiger partial charge is 0.325 e. The number of carbonyl (C=O) groups excluding carboxylic acids is 3. The number of rotatable bonds is 7. The first-order valence-corrected chi connectivity index (χ1v) is 6.93. The van der Waals surface area contributed by atoms with E-state index in [9.17, 15) is 14.4 Å². The third kappa shape index (κ3) is 5.66. The molecule has 0 saturated carbocycles. The van der Waals surface area contributed by atoms with Crippen LogP contribution in [0, 0.1) is 0 Å². The summed E-state index contributed by atoms with van der Waals surface area (Å²) in [4.78, 5) is 34.7. The van der Waals surface area contributed by atoms with Crippen molar-refractivity contribution >= 4 is 17.8 Å². The fraction of sp³-hybridized carbons (Fsp3) is 0.188. The number of esters is 1. The molecule has 120 valence electrons. The van der Waals surface area contributed by atoms with Crippen molar-refractivity contribution in [3.05, 3.63) is 60.1 Å². The van der Waals surface area contributed by atoms with Crippen LogP contribution in [-0.4, -0.2) is 30.9 Å². The molecule has 0 radical (unpaired) electrons. The molecule has 2 amide bonds. The molecule has 0 atom stereocenters. The predicted octanol–water partition coefficient (Wildman–Crippen LogP) is 0.869. The second-order valence-electron chi connectivity index (χ2n) is 4.57. The summed E-state index contributed by atoms with van der Waals surface area (Å²) in [6, 6.07) is 11.9. The van der Waals surface area contributed by atoms with Gasteiger partial charge in [-0.15, -0.1) is 0 Å². The lowest BCUT2D eigenvalue weighted by Crippen LogP contribution is -2.33. The van der Waals surface area contributed by atoms with Crippen LogP contribution in [0.2, 0.25) is 0 Å². The van der Waals surface area contributed by atoms with Crippen LogP contribution in [0.15, 0.2) is 53.1 Å². The summed E-state index contributed by atoms with van der Waals surface area (Å²) in [6.45, 7) is -0.506. The molecule has 2 N–H and O–H groups in total. The Morgan fingerprint density at radius 1 is 1.00 bits per heavy atom. The molecule has 0 spiro atoms. The highest BCUT2D eigenvalue weighted by molar-refractivity contribution is 5.96. The molecule has 1 aromatic heterocycles. The molecule has 0 aliphatic heterocycles. The third-order valence-corrected chi connectivity index (χ3v) is 2.83. The Hall–Kier alpha value is -3.09. The van der Waals surface area contributed by atoms with Gasteiger partial charge in [0.1, 0.15) is 12.3 Å². The van der Waals surface area contributed by atoms with Gasteiger partial charge >= 0.3 is 5.97 Å². The highest BCUT2D eigenvalue weighted by atomic mass is 16.5. The summed E-state index contributed by atoms with van der Waals surface area (Å²) in [5, 5.41) is 4.95. The second-order valence-corrected chi connectivity index (χ2v) is 4.57. The normalized spacial score (nSPS) is 9.91. The molecular weight excluding hydrogens is 300 g/mol. The Labute approximate surface area is 132 Å². The van der Waals surface area contributed by atoms with Crippen molar-refractivity contribution in [1.29, 1.82) is 0 Å². The second kappa shape index (κ2) is 8.38. The van der Waals surface area contributed by atoms with Crippen molar-refractivity contribution in [3.8, 4) is 0 Å². The maximum absolute atomic E-state index is 11.7. The number of nitrogens with one attached hydrogen (secondary N) is 2. The highest BCUT2D eigenvalue weighted by Crippen LogP contribution is 1.98. The molecule has 1 aromatic carbocycles. The molecule has 7 heteroatoms. The fourth-order valence-electron chi connectivity index (χ4n) is 1.69. The Morgan fingerprint density at radius 3 is 2.48 bits per heavy atom. The zero-order valence-corrected chi connectivity index (χ0v) is 12.3. The van der Waals surface area contributed by atoms with Gasteiger partial charge in [-0.3, -0.25) is 14.4 Å². The quantitative estimate of drug-likeness (QED) is 0.739. The average Bonchev–Trinajstić information content (AvgIpc) is 3.10. The number of hydrogen-bond acceptors (Lipinski definition) is 5. The van der Waals surface area contributed by atoms with E-state index in [0.29, 0.717) is 11.3 Å². The molecular formula is C16H16N2O5. The Kier molecular flexibility index (Phi) is 5.93. The standard InChI is InChI=1S/C16H16N2O5/c19-14(17-9-13-7-4-8-22-13)11-23-15(20)10-18-16(21)12-5-2-1-3-6-12/h1-8H,9-11H2,(H,17,19)(H,18,21). The maximum Gasteiger partial charge on any atom is 0.325 e. The summed E-state index contributed by atoms with van der Waals surface area (Å²) in [5.41, 5.74) is 0.441. The lowest BCUT2D eigenvalue weighted by atomic mass is 10.2. The van der Waals surface area contributed by atoms with Gasteiger partial charge in [0.2, 0.25) is 0 Å². The first-order chi connectivity index (χ1) is 11.1. The van der Waals surface area contributed by atoms with Crippen molar-refractivity contribution in [2.75, 3.05) is 13.2 Å². The van der Waals surface area contributed by atoms with Gasteiger partial charge in [0.05, 0.1) is 12.8 Å². The lowest BCUT2D eigenvalue weighted by molar-refractivity contribution is -0.147. The summed E-state index contributed by atoms with van der Waals surface area (Å²) in [5.74, 6) is -0.934. The van der Waals surface area contributed by atoms with E-state index < -0.39 is 18.5 Å². The van der Waals surface area contributed by atoms with Crippen molar-refractivity contribution in [3.63, 3.8) is 0 Å². The summed E-state index contributed by atoms with van der Waals surface area (Å²) >= 11 is 0. The molecule has 23 heavy (non-hydrogen) atoms. The summed E-state index contributed by atoms with van der Waals surface area (Å²) < 4.78 is 9.81. The molecule has 0 fully saturated rings. The van der Waals surface area contributed by atoms with E-state index in [4.69, 9.17) is 9.15 Å². The molecule has 0 bridgehead atoms. The van der Waals surface area contributed by atoms with Crippen LogP contribution in [0.5, 0.6) is 0 Å². The zero-order chi connectivity index (χ0) is 16.5. The Bertz CT molecular complexity index is 652. The highest BCUT2D eigenvalue weighted by Gasteiger charge is 2.10. The van der Waals surface area contributed by atoms with Crippen molar-refractivity contribution < 1.29 is 23.5 Å². The van der Waals surface area contributed by atoms with E-state index >= 15 is 0 Å². The van der Waals surface area contributed by atoms with Gasteiger partial charge < -0.3 is 19.8 Å². The maximum atomic E-state index is 11.7. The number of carbonyl (C=O) groups is 3. The minimum atomic E-state index is -0.692. The Morgan fingerprint density at radius 2 is 1.78 bits per heavy atom. The third-order valence-electron chi connectivity index (χ3n) is 2.83. The average molecular weight is 316 g/mol. The summed E-state index contributed by atoms with van der Waals surface area (Å²) in [6.07, 6.45) is 1.50. The molecule has 1 heterocycles. The van der Waals surface area contributed by atoms with Crippen LogP contribution in [0.3, 0.4) is 0 Å². The van der Waals surface area contributed by atoms with Crippen molar-refractivity contribution in [2.45, 2.75) is 6.54 Å². The van der Waals surface area contributed by atoms with E-state index in [1.54, 1.807) is 42.5 Å². The minimum Gasteiger partial charge on any atom is -0.467 e. The van der Waals surface area contributed by atoms with E-state index in [0.717, 1.165) is 0 Å². The number of furan rings is 1. The number of amides is 2. The fourth-order valence-corrected chi connectivity index (χ4v) is 1.69. The van der Waals surface area contributed by atoms with Gasteiger partial charge in [0.25, 0.3) is 11.8 Å². The molecule has 0 aliphatic carbocycles. The number of hydrogen-bond donors (Lipinski definition) is 2. The van der Waals surface area contributed by atoms with E-state index in [2.05, 4.69) is 10.6 Å². The van der Waals surface area contributed by atoms with E-state index in [1.165, 1.54) is 6.26 Å². The van der Waals surface area contributed by atoms with Crippen LogP contribution in [-0.2, 0) is 20.9 Å². The zero-order valence-electron chi connectivity index (χ0n) is 12.3. The van der Waals surface area contributed by atoms with Crippen LogP contribution >= 0.6 is 0 Å². The first kappa shape index (κ1) is 16.3.